The molecule has 6 heteroatoms. The van der Waals surface area contributed by atoms with Gasteiger partial charge in [0.25, 0.3) is 0 Å². The van der Waals surface area contributed by atoms with Gasteiger partial charge in [-0.2, -0.15) is 0 Å². The summed E-state index contributed by atoms with van der Waals surface area (Å²) in [5.41, 5.74) is 1.39. The molecule has 1 N–H and O–H groups in total. The molecule has 0 heterocycles. The Balaban J connectivity index is 1.83. The summed E-state index contributed by atoms with van der Waals surface area (Å²) in [6.07, 6.45) is 0. The summed E-state index contributed by atoms with van der Waals surface area (Å²) in [6.45, 7) is 0. The van der Waals surface area contributed by atoms with E-state index >= 15 is 0 Å². The number of carbonyl (C=O) groups is 1. The number of amides is 1. The first kappa shape index (κ1) is 16.1. The fourth-order valence-corrected chi connectivity index (χ4v) is 3.21. The standard InChI is InChI=1S/C15H12Cl2FNOS/c16-13-2-1-3-14(17)12(13)8-21-9-15(20)19-11-6-4-10(18)5-7-11/h1-7H,8-9H2,(H,19,20). The number of halogens is 3. The zero-order chi connectivity index (χ0) is 15.2. The van der Waals surface area contributed by atoms with Gasteiger partial charge >= 0.3 is 0 Å². The Labute approximate surface area is 136 Å². The SMILES string of the molecule is O=C(CSCc1c(Cl)cccc1Cl)Nc1ccc(F)cc1. The normalized spacial score (nSPS) is 10.4. The lowest BCUT2D eigenvalue weighted by Crippen LogP contribution is -2.14. The van der Waals surface area contributed by atoms with E-state index in [1.54, 1.807) is 18.2 Å². The van der Waals surface area contributed by atoms with Crippen LogP contribution in [0.1, 0.15) is 5.56 Å². The number of benzene rings is 2. The maximum absolute atomic E-state index is 12.7. The molecule has 1 amide bonds. The molecule has 0 aromatic heterocycles. The molecule has 2 aromatic rings. The van der Waals surface area contributed by atoms with Crippen molar-refractivity contribution in [1.82, 2.24) is 0 Å². The average Bonchev–Trinajstić information content (AvgIpc) is 2.45. The highest BCUT2D eigenvalue weighted by molar-refractivity contribution is 7.99. The Kier molecular flexibility index (Phi) is 5.91. The van der Waals surface area contributed by atoms with E-state index in [1.165, 1.54) is 36.0 Å². The first-order valence-electron chi connectivity index (χ1n) is 6.12. The van der Waals surface area contributed by atoms with Gasteiger partial charge in [-0.05, 0) is 42.0 Å². The van der Waals surface area contributed by atoms with Gasteiger partial charge in [-0.15, -0.1) is 11.8 Å². The molecule has 0 unspecified atom stereocenters. The first-order valence-corrected chi connectivity index (χ1v) is 8.03. The maximum Gasteiger partial charge on any atom is 0.234 e. The van der Waals surface area contributed by atoms with Crippen LogP contribution < -0.4 is 5.32 Å². The third-order valence-corrected chi connectivity index (χ3v) is 4.34. The lowest BCUT2D eigenvalue weighted by Gasteiger charge is -2.07. The zero-order valence-corrected chi connectivity index (χ0v) is 13.2. The zero-order valence-electron chi connectivity index (χ0n) is 10.9. The highest BCUT2D eigenvalue weighted by Gasteiger charge is 2.08. The first-order chi connectivity index (χ1) is 10.1. The Bertz CT molecular complexity index is 614. The van der Waals surface area contributed by atoms with Crippen molar-refractivity contribution >= 4 is 46.6 Å². The molecular weight excluding hydrogens is 332 g/mol. The lowest BCUT2D eigenvalue weighted by molar-refractivity contribution is -0.113. The van der Waals surface area contributed by atoms with E-state index in [2.05, 4.69) is 5.32 Å². The number of hydrogen-bond donors (Lipinski definition) is 1. The molecule has 21 heavy (non-hydrogen) atoms. The average molecular weight is 344 g/mol. The fourth-order valence-electron chi connectivity index (χ4n) is 1.65. The van der Waals surface area contributed by atoms with Crippen LogP contribution in [-0.2, 0) is 10.5 Å². The minimum atomic E-state index is -0.337. The molecule has 0 aliphatic heterocycles. The van der Waals surface area contributed by atoms with Gasteiger partial charge in [0.15, 0.2) is 0 Å². The summed E-state index contributed by atoms with van der Waals surface area (Å²) in [7, 11) is 0. The maximum atomic E-state index is 12.7. The van der Waals surface area contributed by atoms with Crippen LogP contribution in [0.3, 0.4) is 0 Å². The molecule has 0 radical (unpaired) electrons. The molecule has 0 atom stereocenters. The minimum absolute atomic E-state index is 0.158. The second-order valence-corrected chi connectivity index (χ2v) is 6.05. The third kappa shape index (κ3) is 4.92. The van der Waals surface area contributed by atoms with Crippen LogP contribution in [0.4, 0.5) is 10.1 Å². The van der Waals surface area contributed by atoms with Crippen molar-refractivity contribution in [2.24, 2.45) is 0 Å². The monoisotopic (exact) mass is 343 g/mol. The Morgan fingerprint density at radius 2 is 1.71 bits per heavy atom. The molecule has 0 saturated carbocycles. The van der Waals surface area contributed by atoms with Gasteiger partial charge in [0, 0.05) is 21.5 Å². The quantitative estimate of drug-likeness (QED) is 0.827. The van der Waals surface area contributed by atoms with Crippen LogP contribution in [0.5, 0.6) is 0 Å². The van der Waals surface area contributed by atoms with Crippen molar-refractivity contribution < 1.29 is 9.18 Å². The molecule has 110 valence electrons. The van der Waals surface area contributed by atoms with E-state index in [1.807, 2.05) is 0 Å². The van der Waals surface area contributed by atoms with E-state index in [9.17, 15) is 9.18 Å². The molecule has 0 fully saturated rings. The van der Waals surface area contributed by atoms with Gasteiger partial charge in [-0.1, -0.05) is 29.3 Å². The van der Waals surface area contributed by atoms with E-state index in [0.29, 0.717) is 21.5 Å². The van der Waals surface area contributed by atoms with Crippen LogP contribution in [0, 0.1) is 5.82 Å². The van der Waals surface area contributed by atoms with Crippen LogP contribution >= 0.6 is 35.0 Å². The van der Waals surface area contributed by atoms with Crippen LogP contribution in [0.25, 0.3) is 0 Å². The molecule has 0 aliphatic rings. The van der Waals surface area contributed by atoms with Crippen molar-refractivity contribution in [1.29, 1.82) is 0 Å². The Hall–Kier alpha value is -1.23. The van der Waals surface area contributed by atoms with Crippen molar-refractivity contribution in [3.8, 4) is 0 Å². The van der Waals surface area contributed by atoms with Crippen LogP contribution in [0.15, 0.2) is 42.5 Å². The number of anilines is 1. The molecule has 0 aliphatic carbocycles. The van der Waals surface area contributed by atoms with Crippen LogP contribution in [0.2, 0.25) is 10.0 Å². The molecule has 0 saturated heterocycles. The molecule has 2 nitrogen and oxygen atoms in total. The number of hydrogen-bond acceptors (Lipinski definition) is 2. The second-order valence-electron chi connectivity index (χ2n) is 4.25. The summed E-state index contributed by atoms with van der Waals surface area (Å²) in [5, 5.41) is 3.88. The van der Waals surface area contributed by atoms with E-state index in [0.717, 1.165) is 5.56 Å². The van der Waals surface area contributed by atoms with Crippen molar-refractivity contribution in [2.45, 2.75) is 5.75 Å². The van der Waals surface area contributed by atoms with Crippen molar-refractivity contribution in [3.05, 3.63) is 63.9 Å². The van der Waals surface area contributed by atoms with Gasteiger partial charge in [0.2, 0.25) is 5.91 Å². The molecule has 0 spiro atoms. The Morgan fingerprint density at radius 3 is 2.33 bits per heavy atom. The fraction of sp³-hybridized carbons (Fsp3) is 0.133. The molecule has 2 rings (SSSR count). The Morgan fingerprint density at radius 1 is 1.10 bits per heavy atom. The largest absolute Gasteiger partial charge is 0.325 e. The smallest absolute Gasteiger partial charge is 0.234 e. The molecule has 0 bridgehead atoms. The number of nitrogens with one attached hydrogen (secondary N) is 1. The number of carbonyl (C=O) groups excluding carboxylic acids is 1. The third-order valence-electron chi connectivity index (χ3n) is 2.67. The van der Waals surface area contributed by atoms with E-state index in [-0.39, 0.29) is 17.5 Å². The predicted molar refractivity (Wildman–Crippen MR) is 87.7 cm³/mol. The molecular formula is C15H12Cl2FNOS. The molecule has 2 aromatic carbocycles. The van der Waals surface area contributed by atoms with Crippen LogP contribution in [-0.4, -0.2) is 11.7 Å². The van der Waals surface area contributed by atoms with Gasteiger partial charge in [0.1, 0.15) is 5.82 Å². The summed E-state index contributed by atoms with van der Waals surface area (Å²) < 4.78 is 12.7. The van der Waals surface area contributed by atoms with Crippen molar-refractivity contribution in [2.75, 3.05) is 11.1 Å². The van der Waals surface area contributed by atoms with Crippen molar-refractivity contribution in [3.63, 3.8) is 0 Å². The highest BCUT2D eigenvalue weighted by Crippen LogP contribution is 2.28. The summed E-state index contributed by atoms with van der Waals surface area (Å²) in [6, 6.07) is 10.9. The highest BCUT2D eigenvalue weighted by atomic mass is 35.5. The number of rotatable bonds is 5. The summed E-state index contributed by atoms with van der Waals surface area (Å²) >= 11 is 13.5. The summed E-state index contributed by atoms with van der Waals surface area (Å²) in [5.74, 6) is 0.319. The van der Waals surface area contributed by atoms with E-state index in [4.69, 9.17) is 23.2 Å². The second kappa shape index (κ2) is 7.69. The van der Waals surface area contributed by atoms with Gasteiger partial charge in [-0.25, -0.2) is 4.39 Å². The lowest BCUT2D eigenvalue weighted by atomic mass is 10.2. The van der Waals surface area contributed by atoms with Gasteiger partial charge < -0.3 is 5.32 Å². The predicted octanol–water partition coefficient (Wildman–Crippen LogP) is 5.00. The van der Waals surface area contributed by atoms with E-state index < -0.39 is 0 Å². The minimum Gasteiger partial charge on any atom is -0.325 e. The topological polar surface area (TPSA) is 29.1 Å². The number of thioether (sulfide) groups is 1. The van der Waals surface area contributed by atoms with Gasteiger partial charge in [-0.3, -0.25) is 4.79 Å². The van der Waals surface area contributed by atoms with Gasteiger partial charge in [0.05, 0.1) is 5.75 Å². The summed E-state index contributed by atoms with van der Waals surface area (Å²) in [4.78, 5) is 11.8.